The summed E-state index contributed by atoms with van der Waals surface area (Å²) >= 11 is 1.48. The zero-order valence-corrected chi connectivity index (χ0v) is 21.3. The molecule has 0 spiro atoms. The van der Waals surface area contributed by atoms with E-state index in [0.717, 1.165) is 36.1 Å². The molecular formula is C28H30N2O5S. The monoisotopic (exact) mass is 506 g/mol. The summed E-state index contributed by atoms with van der Waals surface area (Å²) in [5, 5.41) is 1.29. The molecule has 0 fully saturated rings. The number of nitrogens with zero attached hydrogens (tertiary/aromatic N) is 2. The third-order valence-electron chi connectivity index (χ3n) is 6.52. The molecule has 7 nitrogen and oxygen atoms in total. The van der Waals surface area contributed by atoms with Gasteiger partial charge in [-0.05, 0) is 63.3 Å². The topological polar surface area (TPSA) is 79.7 Å². The first-order valence-corrected chi connectivity index (χ1v) is 13.5. The lowest BCUT2D eigenvalue weighted by atomic mass is 9.97. The lowest BCUT2D eigenvalue weighted by Gasteiger charge is -2.22. The first kappa shape index (κ1) is 24.6. The lowest BCUT2D eigenvalue weighted by Crippen LogP contribution is -2.24. The maximum absolute atomic E-state index is 13.5. The Kier molecular flexibility index (Phi) is 7.72. The Morgan fingerprint density at radius 2 is 2.11 bits per heavy atom. The van der Waals surface area contributed by atoms with E-state index in [2.05, 4.69) is 6.08 Å². The van der Waals surface area contributed by atoms with Gasteiger partial charge in [0.25, 0.3) is 5.56 Å². The number of fused-ring (bicyclic) bond motifs is 2. The Morgan fingerprint density at radius 1 is 1.22 bits per heavy atom. The smallest absolute Gasteiger partial charge is 0.338 e. The van der Waals surface area contributed by atoms with Crippen LogP contribution in [-0.2, 0) is 28.4 Å². The second kappa shape index (κ2) is 11.3. The second-order valence-electron chi connectivity index (χ2n) is 8.97. The van der Waals surface area contributed by atoms with Crippen LogP contribution in [0.25, 0.3) is 10.9 Å². The minimum absolute atomic E-state index is 0.0218. The maximum atomic E-state index is 13.5. The van der Waals surface area contributed by atoms with Crippen molar-refractivity contribution < 1.29 is 19.0 Å². The number of aromatic nitrogens is 2. The summed E-state index contributed by atoms with van der Waals surface area (Å²) in [6, 6.07) is 11.1. The third-order valence-corrected chi connectivity index (χ3v) is 7.55. The number of hydrogen-bond donors (Lipinski definition) is 0. The SMILES string of the molecule is CCOC(=O)c1cc2c(c(CSc3nc4ccccc4c(=O)n3CCC3=CCCCC3)c1)OCOC2. The zero-order valence-electron chi connectivity index (χ0n) is 20.5. The zero-order chi connectivity index (χ0) is 24.9. The quantitative estimate of drug-likeness (QED) is 0.170. The molecule has 0 bridgehead atoms. The number of thioether (sulfide) groups is 1. The Bertz CT molecular complexity index is 1360. The first-order chi connectivity index (χ1) is 17.6. The summed E-state index contributed by atoms with van der Waals surface area (Å²) < 4.78 is 18.3. The van der Waals surface area contributed by atoms with Crippen LogP contribution in [0.1, 0.15) is 60.5 Å². The molecule has 0 saturated carbocycles. The van der Waals surface area contributed by atoms with E-state index in [1.165, 1.54) is 30.2 Å². The van der Waals surface area contributed by atoms with Gasteiger partial charge in [-0.15, -0.1) is 0 Å². The average Bonchev–Trinajstić information content (AvgIpc) is 2.92. The van der Waals surface area contributed by atoms with Gasteiger partial charge in [-0.3, -0.25) is 9.36 Å². The van der Waals surface area contributed by atoms with E-state index < -0.39 is 0 Å². The van der Waals surface area contributed by atoms with E-state index in [4.69, 9.17) is 19.2 Å². The molecule has 36 heavy (non-hydrogen) atoms. The molecule has 8 heteroatoms. The molecule has 1 aromatic heterocycles. The number of carbonyl (C=O) groups excluding carboxylic acids is 1. The Hall–Kier alpha value is -3.10. The summed E-state index contributed by atoms with van der Waals surface area (Å²) in [5.41, 5.74) is 4.22. The van der Waals surface area contributed by atoms with Gasteiger partial charge in [0.2, 0.25) is 0 Å². The van der Waals surface area contributed by atoms with Gasteiger partial charge in [0.1, 0.15) is 5.75 Å². The summed E-state index contributed by atoms with van der Waals surface area (Å²) in [7, 11) is 0. The van der Waals surface area contributed by atoms with E-state index in [-0.39, 0.29) is 18.3 Å². The molecule has 1 aliphatic heterocycles. The molecule has 3 aromatic rings. The number of rotatable bonds is 8. The highest BCUT2D eigenvalue weighted by molar-refractivity contribution is 7.98. The van der Waals surface area contributed by atoms with Crippen LogP contribution in [-0.4, -0.2) is 28.9 Å². The van der Waals surface area contributed by atoms with Gasteiger partial charge in [0.15, 0.2) is 11.9 Å². The van der Waals surface area contributed by atoms with Crippen molar-refractivity contribution in [3.8, 4) is 5.75 Å². The summed E-state index contributed by atoms with van der Waals surface area (Å²) in [6.07, 6.45) is 7.84. The molecular weight excluding hydrogens is 476 g/mol. The highest BCUT2D eigenvalue weighted by Crippen LogP contribution is 2.34. The first-order valence-electron chi connectivity index (χ1n) is 12.5. The van der Waals surface area contributed by atoms with Gasteiger partial charge in [0, 0.05) is 23.4 Å². The fourth-order valence-electron chi connectivity index (χ4n) is 4.72. The van der Waals surface area contributed by atoms with Crippen LogP contribution < -0.4 is 10.3 Å². The van der Waals surface area contributed by atoms with Crippen LogP contribution in [0.4, 0.5) is 0 Å². The van der Waals surface area contributed by atoms with Gasteiger partial charge in [-0.25, -0.2) is 9.78 Å². The number of esters is 1. The van der Waals surface area contributed by atoms with Crippen LogP contribution in [0.3, 0.4) is 0 Å². The van der Waals surface area contributed by atoms with E-state index in [9.17, 15) is 9.59 Å². The summed E-state index contributed by atoms with van der Waals surface area (Å²) in [5.74, 6) is 0.839. The summed E-state index contributed by atoms with van der Waals surface area (Å²) in [4.78, 5) is 30.8. The number of ether oxygens (including phenoxy) is 3. The predicted molar refractivity (Wildman–Crippen MR) is 139 cm³/mol. The van der Waals surface area contributed by atoms with Crippen molar-refractivity contribution in [3.05, 3.63) is 75.1 Å². The van der Waals surface area contributed by atoms with Crippen molar-refractivity contribution in [1.29, 1.82) is 0 Å². The van der Waals surface area contributed by atoms with Crippen molar-refractivity contribution in [2.45, 2.75) is 63.1 Å². The molecule has 2 heterocycles. The standard InChI is InChI=1S/C28H30N2O5S/c1-2-34-27(32)20-14-21-16-33-18-35-25(21)22(15-20)17-36-28-29-24-11-7-6-10-23(24)26(31)30(28)13-12-19-8-4-3-5-9-19/h6-8,10-11,14-15H,2-5,9,12-13,16-18H2,1H3. The molecule has 5 rings (SSSR count). The van der Waals surface area contributed by atoms with Crippen molar-refractivity contribution in [3.63, 3.8) is 0 Å². The van der Waals surface area contributed by atoms with Crippen LogP contribution in [0.2, 0.25) is 0 Å². The molecule has 0 unspecified atom stereocenters. The highest BCUT2D eigenvalue weighted by Gasteiger charge is 2.21. The predicted octanol–water partition coefficient (Wildman–Crippen LogP) is 5.62. The molecule has 0 N–H and O–H groups in total. The van der Waals surface area contributed by atoms with E-state index >= 15 is 0 Å². The Labute approximate surface area is 214 Å². The molecule has 188 valence electrons. The Morgan fingerprint density at radius 3 is 2.94 bits per heavy atom. The molecule has 0 radical (unpaired) electrons. The van der Waals surface area contributed by atoms with Crippen molar-refractivity contribution >= 4 is 28.6 Å². The van der Waals surface area contributed by atoms with E-state index in [1.807, 2.05) is 30.3 Å². The molecule has 1 aliphatic carbocycles. The second-order valence-corrected chi connectivity index (χ2v) is 9.91. The minimum Gasteiger partial charge on any atom is -0.467 e. The van der Waals surface area contributed by atoms with Crippen LogP contribution in [0.15, 0.2) is 58.0 Å². The molecule has 2 aromatic carbocycles. The van der Waals surface area contributed by atoms with Crippen LogP contribution in [0.5, 0.6) is 5.75 Å². The fraction of sp³-hybridized carbons (Fsp3) is 0.393. The average molecular weight is 507 g/mol. The molecule has 0 amide bonds. The summed E-state index contributed by atoms with van der Waals surface area (Å²) in [6.45, 7) is 3.21. The van der Waals surface area contributed by atoms with Gasteiger partial charge in [-0.1, -0.05) is 35.5 Å². The van der Waals surface area contributed by atoms with Gasteiger partial charge < -0.3 is 14.2 Å². The van der Waals surface area contributed by atoms with E-state index in [0.29, 0.717) is 47.1 Å². The lowest BCUT2D eigenvalue weighted by molar-refractivity contribution is -0.0169. The molecule has 2 aliphatic rings. The molecule has 0 saturated heterocycles. The van der Waals surface area contributed by atoms with Gasteiger partial charge in [-0.2, -0.15) is 0 Å². The molecule has 0 atom stereocenters. The maximum Gasteiger partial charge on any atom is 0.338 e. The number of benzene rings is 2. The van der Waals surface area contributed by atoms with E-state index in [1.54, 1.807) is 17.6 Å². The van der Waals surface area contributed by atoms with Crippen molar-refractivity contribution in [1.82, 2.24) is 9.55 Å². The van der Waals surface area contributed by atoms with Crippen molar-refractivity contribution in [2.75, 3.05) is 13.4 Å². The normalized spacial score (nSPS) is 15.2. The number of allylic oxidation sites excluding steroid dienone is 2. The number of carbonyl (C=O) groups is 1. The third kappa shape index (κ3) is 5.34. The minimum atomic E-state index is -0.376. The van der Waals surface area contributed by atoms with Crippen LogP contribution >= 0.6 is 11.8 Å². The Balaban J connectivity index is 1.47. The van der Waals surface area contributed by atoms with Crippen molar-refractivity contribution in [2.24, 2.45) is 0 Å². The van der Waals surface area contributed by atoms with Gasteiger partial charge in [0.05, 0.1) is 29.7 Å². The number of para-hydroxylation sites is 1. The number of hydrogen-bond acceptors (Lipinski definition) is 7. The highest BCUT2D eigenvalue weighted by atomic mass is 32.2. The largest absolute Gasteiger partial charge is 0.467 e. The van der Waals surface area contributed by atoms with Gasteiger partial charge >= 0.3 is 5.97 Å². The fourth-order valence-corrected chi connectivity index (χ4v) is 5.72. The van der Waals surface area contributed by atoms with Crippen LogP contribution in [0, 0.1) is 0 Å².